The van der Waals surface area contributed by atoms with Crippen molar-refractivity contribution >= 4 is 11.8 Å². The molecule has 110 valence electrons. The van der Waals surface area contributed by atoms with Crippen LogP contribution >= 0.6 is 0 Å². The summed E-state index contributed by atoms with van der Waals surface area (Å²) in [5.41, 5.74) is 0.00935. The van der Waals surface area contributed by atoms with Gasteiger partial charge in [-0.25, -0.2) is 0 Å². The van der Waals surface area contributed by atoms with Crippen molar-refractivity contribution in [1.82, 2.24) is 10.6 Å². The third kappa shape index (κ3) is 7.19. The first kappa shape index (κ1) is 16.0. The van der Waals surface area contributed by atoms with Gasteiger partial charge in [0.05, 0.1) is 0 Å². The molecule has 19 heavy (non-hydrogen) atoms. The number of carbonyl (C=O) groups excluding carboxylic acids is 2. The van der Waals surface area contributed by atoms with Crippen LogP contribution in [-0.4, -0.2) is 24.9 Å². The van der Waals surface area contributed by atoms with Gasteiger partial charge in [0.15, 0.2) is 0 Å². The predicted molar refractivity (Wildman–Crippen MR) is 76.7 cm³/mol. The van der Waals surface area contributed by atoms with Gasteiger partial charge in [-0.15, -0.1) is 0 Å². The molecule has 1 saturated carbocycles. The molecule has 2 N–H and O–H groups in total. The van der Waals surface area contributed by atoms with Crippen LogP contribution in [0.4, 0.5) is 0 Å². The minimum atomic E-state index is 0.00935. The Morgan fingerprint density at radius 1 is 1.00 bits per heavy atom. The van der Waals surface area contributed by atoms with Crippen LogP contribution in [0.1, 0.15) is 59.3 Å². The lowest BCUT2D eigenvalue weighted by atomic mass is 9.89. The summed E-state index contributed by atoms with van der Waals surface area (Å²) in [7, 11) is 0. The lowest BCUT2D eigenvalue weighted by molar-refractivity contribution is -0.126. The molecule has 0 spiro atoms. The van der Waals surface area contributed by atoms with E-state index in [1.165, 1.54) is 19.3 Å². The second kappa shape index (κ2) is 7.51. The molecule has 0 radical (unpaired) electrons. The SMILES string of the molecule is CC(C)(C)CC(=O)NCCNC(=O)C1CCCCC1. The van der Waals surface area contributed by atoms with Crippen molar-refractivity contribution in [2.24, 2.45) is 11.3 Å². The Morgan fingerprint density at radius 3 is 2.16 bits per heavy atom. The van der Waals surface area contributed by atoms with Crippen LogP contribution in [0.3, 0.4) is 0 Å². The first-order valence-electron chi connectivity index (χ1n) is 7.43. The summed E-state index contributed by atoms with van der Waals surface area (Å²) in [5.74, 6) is 0.406. The van der Waals surface area contributed by atoms with E-state index >= 15 is 0 Å². The number of amides is 2. The van der Waals surface area contributed by atoms with E-state index in [4.69, 9.17) is 0 Å². The molecule has 0 aromatic heterocycles. The van der Waals surface area contributed by atoms with Crippen LogP contribution in [0.15, 0.2) is 0 Å². The van der Waals surface area contributed by atoms with Gasteiger partial charge in [-0.05, 0) is 18.3 Å². The maximum absolute atomic E-state index is 11.8. The first-order valence-corrected chi connectivity index (χ1v) is 7.43. The quantitative estimate of drug-likeness (QED) is 0.751. The molecular weight excluding hydrogens is 240 g/mol. The summed E-state index contributed by atoms with van der Waals surface area (Å²) in [4.78, 5) is 23.4. The zero-order chi connectivity index (χ0) is 14.3. The van der Waals surface area contributed by atoms with Crippen LogP contribution in [0.2, 0.25) is 0 Å². The summed E-state index contributed by atoms with van der Waals surface area (Å²) in [6, 6.07) is 0. The van der Waals surface area contributed by atoms with Gasteiger partial charge in [-0.2, -0.15) is 0 Å². The molecule has 0 atom stereocenters. The molecule has 4 nitrogen and oxygen atoms in total. The van der Waals surface area contributed by atoms with Gasteiger partial charge < -0.3 is 10.6 Å². The number of nitrogens with one attached hydrogen (secondary N) is 2. The van der Waals surface area contributed by atoms with Gasteiger partial charge in [0.25, 0.3) is 0 Å². The van der Waals surface area contributed by atoms with E-state index in [0.29, 0.717) is 19.5 Å². The van der Waals surface area contributed by atoms with Crippen molar-refractivity contribution in [2.45, 2.75) is 59.3 Å². The predicted octanol–water partition coefficient (Wildman–Crippen LogP) is 2.24. The number of hydrogen-bond donors (Lipinski definition) is 2. The first-order chi connectivity index (χ1) is 8.88. The number of hydrogen-bond acceptors (Lipinski definition) is 2. The maximum Gasteiger partial charge on any atom is 0.223 e. The Hall–Kier alpha value is -1.06. The normalized spacial score (nSPS) is 17.0. The van der Waals surface area contributed by atoms with Gasteiger partial charge in [-0.3, -0.25) is 9.59 Å². The van der Waals surface area contributed by atoms with Gasteiger partial charge in [0, 0.05) is 25.4 Å². The molecule has 0 bridgehead atoms. The monoisotopic (exact) mass is 268 g/mol. The second-order valence-electron chi connectivity index (χ2n) is 6.71. The number of carbonyl (C=O) groups is 2. The fourth-order valence-electron chi connectivity index (χ4n) is 2.44. The molecular formula is C15H28N2O2. The van der Waals surface area contributed by atoms with E-state index in [2.05, 4.69) is 10.6 Å². The topological polar surface area (TPSA) is 58.2 Å². The van der Waals surface area contributed by atoms with Crippen LogP contribution < -0.4 is 10.6 Å². The van der Waals surface area contributed by atoms with Crippen LogP contribution in [0.25, 0.3) is 0 Å². The average molecular weight is 268 g/mol. The molecule has 0 saturated heterocycles. The van der Waals surface area contributed by atoms with Gasteiger partial charge >= 0.3 is 0 Å². The van der Waals surface area contributed by atoms with E-state index in [9.17, 15) is 9.59 Å². The highest BCUT2D eigenvalue weighted by atomic mass is 16.2. The fraction of sp³-hybridized carbons (Fsp3) is 0.867. The fourth-order valence-corrected chi connectivity index (χ4v) is 2.44. The maximum atomic E-state index is 11.8. The summed E-state index contributed by atoms with van der Waals surface area (Å²) in [5, 5.41) is 5.76. The van der Waals surface area contributed by atoms with Gasteiger partial charge in [0.1, 0.15) is 0 Å². The molecule has 1 rings (SSSR count). The molecule has 4 heteroatoms. The largest absolute Gasteiger partial charge is 0.354 e. The molecule has 0 aromatic rings. The summed E-state index contributed by atoms with van der Waals surface area (Å²) < 4.78 is 0. The van der Waals surface area contributed by atoms with E-state index < -0.39 is 0 Å². The Bertz CT molecular complexity index is 302. The van der Waals surface area contributed by atoms with E-state index in [1.54, 1.807) is 0 Å². The Morgan fingerprint density at radius 2 is 1.58 bits per heavy atom. The van der Waals surface area contributed by atoms with Crippen LogP contribution in [0.5, 0.6) is 0 Å². The molecule has 0 aliphatic heterocycles. The summed E-state index contributed by atoms with van der Waals surface area (Å²) in [6.07, 6.45) is 6.14. The Kier molecular flexibility index (Phi) is 6.32. The third-order valence-electron chi connectivity index (χ3n) is 3.41. The molecule has 1 aliphatic carbocycles. The van der Waals surface area contributed by atoms with Crippen molar-refractivity contribution in [2.75, 3.05) is 13.1 Å². The van der Waals surface area contributed by atoms with Crippen LogP contribution in [-0.2, 0) is 9.59 Å². The standard InChI is InChI=1S/C15H28N2O2/c1-15(2,3)11-13(18)16-9-10-17-14(19)12-7-5-4-6-8-12/h12H,4-11H2,1-3H3,(H,16,18)(H,17,19). The highest BCUT2D eigenvalue weighted by molar-refractivity contribution is 5.79. The molecule has 2 amide bonds. The highest BCUT2D eigenvalue weighted by Crippen LogP contribution is 2.23. The van der Waals surface area contributed by atoms with Crippen molar-refractivity contribution in [3.63, 3.8) is 0 Å². The molecule has 0 unspecified atom stereocenters. The second-order valence-corrected chi connectivity index (χ2v) is 6.71. The lowest BCUT2D eigenvalue weighted by Crippen LogP contribution is -2.38. The molecule has 0 heterocycles. The average Bonchev–Trinajstić information content (AvgIpc) is 2.33. The van der Waals surface area contributed by atoms with Crippen molar-refractivity contribution in [3.05, 3.63) is 0 Å². The zero-order valence-electron chi connectivity index (χ0n) is 12.6. The smallest absolute Gasteiger partial charge is 0.223 e. The third-order valence-corrected chi connectivity index (χ3v) is 3.41. The van der Waals surface area contributed by atoms with Crippen molar-refractivity contribution in [3.8, 4) is 0 Å². The van der Waals surface area contributed by atoms with E-state index in [1.807, 2.05) is 20.8 Å². The Labute approximate surface area is 116 Å². The Balaban J connectivity index is 2.10. The van der Waals surface area contributed by atoms with E-state index in [-0.39, 0.29) is 23.1 Å². The summed E-state index contributed by atoms with van der Waals surface area (Å²) in [6.45, 7) is 7.17. The minimum absolute atomic E-state index is 0.00935. The van der Waals surface area contributed by atoms with Crippen LogP contribution in [0, 0.1) is 11.3 Å². The summed E-state index contributed by atoms with van der Waals surface area (Å²) >= 11 is 0. The zero-order valence-corrected chi connectivity index (χ0v) is 12.6. The highest BCUT2D eigenvalue weighted by Gasteiger charge is 2.20. The number of rotatable bonds is 5. The van der Waals surface area contributed by atoms with Gasteiger partial charge in [-0.1, -0.05) is 40.0 Å². The molecule has 0 aromatic carbocycles. The van der Waals surface area contributed by atoms with Gasteiger partial charge in [0.2, 0.25) is 11.8 Å². The van der Waals surface area contributed by atoms with Crippen molar-refractivity contribution in [1.29, 1.82) is 0 Å². The lowest BCUT2D eigenvalue weighted by Gasteiger charge is -2.21. The molecule has 1 aliphatic rings. The minimum Gasteiger partial charge on any atom is -0.354 e. The van der Waals surface area contributed by atoms with Crippen molar-refractivity contribution < 1.29 is 9.59 Å². The van der Waals surface area contributed by atoms with E-state index in [0.717, 1.165) is 12.8 Å². The molecule has 1 fully saturated rings.